The van der Waals surface area contributed by atoms with Crippen molar-refractivity contribution in [3.8, 4) is 22.6 Å². The average Bonchev–Trinajstić information content (AvgIpc) is 2.76. The minimum atomic E-state index is -0.357. The Morgan fingerprint density at radius 3 is 2.45 bits per heavy atom. The summed E-state index contributed by atoms with van der Waals surface area (Å²) in [6, 6.07) is 9.97. The maximum atomic E-state index is 13.3. The monoisotopic (exact) mass is 451 g/mol. The van der Waals surface area contributed by atoms with E-state index in [0.717, 1.165) is 24.5 Å². The summed E-state index contributed by atoms with van der Waals surface area (Å²) in [4.78, 5) is 25.5. The fourth-order valence-corrected chi connectivity index (χ4v) is 3.97. The van der Waals surface area contributed by atoms with Gasteiger partial charge in [-0.15, -0.1) is 0 Å². The molecule has 6 heteroatoms. The second kappa shape index (κ2) is 11.5. The van der Waals surface area contributed by atoms with Crippen LogP contribution in [0.3, 0.4) is 0 Å². The zero-order valence-corrected chi connectivity index (χ0v) is 19.4. The summed E-state index contributed by atoms with van der Waals surface area (Å²) in [5.41, 5.74) is 1.89. The molecule has 0 saturated carbocycles. The van der Waals surface area contributed by atoms with Gasteiger partial charge in [0.15, 0.2) is 0 Å². The third kappa shape index (κ3) is 6.37. The Bertz CT molecular complexity index is 1150. The van der Waals surface area contributed by atoms with Crippen molar-refractivity contribution in [2.24, 2.45) is 0 Å². The topological polar surface area (TPSA) is 99.8 Å². The second-order valence-electron chi connectivity index (χ2n) is 8.55. The van der Waals surface area contributed by atoms with Gasteiger partial charge in [-0.1, -0.05) is 62.4 Å². The molecule has 0 saturated heterocycles. The predicted molar refractivity (Wildman–Crippen MR) is 131 cm³/mol. The SMILES string of the molecule is CCCCCCCNC(=O)CCCc1oc2cc(O)cc(O)c2c(=O)c1-c1ccc(C)cc1. The lowest BCUT2D eigenvalue weighted by Crippen LogP contribution is -2.24. The van der Waals surface area contributed by atoms with Gasteiger partial charge in [0.05, 0.1) is 5.56 Å². The van der Waals surface area contributed by atoms with E-state index in [2.05, 4.69) is 12.2 Å². The van der Waals surface area contributed by atoms with E-state index in [1.54, 1.807) is 0 Å². The van der Waals surface area contributed by atoms with Gasteiger partial charge in [-0.05, 0) is 25.3 Å². The Labute approximate surface area is 194 Å². The molecule has 0 spiro atoms. The third-order valence-electron chi connectivity index (χ3n) is 5.78. The van der Waals surface area contributed by atoms with Crippen LogP contribution in [-0.4, -0.2) is 22.7 Å². The van der Waals surface area contributed by atoms with Crippen LogP contribution in [0.5, 0.6) is 11.5 Å². The van der Waals surface area contributed by atoms with Gasteiger partial charge in [-0.3, -0.25) is 9.59 Å². The summed E-state index contributed by atoms with van der Waals surface area (Å²) in [5.74, 6) is -0.0815. The number of carbonyl (C=O) groups is 1. The van der Waals surface area contributed by atoms with Crippen molar-refractivity contribution in [2.75, 3.05) is 6.54 Å². The molecule has 3 rings (SSSR count). The summed E-state index contributed by atoms with van der Waals surface area (Å²) >= 11 is 0. The van der Waals surface area contributed by atoms with Crippen molar-refractivity contribution < 1.29 is 19.4 Å². The number of aryl methyl sites for hydroxylation is 2. The predicted octanol–water partition coefficient (Wildman–Crippen LogP) is 5.59. The molecule has 0 aliphatic heterocycles. The van der Waals surface area contributed by atoms with E-state index in [1.807, 2.05) is 31.2 Å². The minimum Gasteiger partial charge on any atom is -0.508 e. The molecule has 2 aromatic carbocycles. The fourth-order valence-electron chi connectivity index (χ4n) is 3.97. The number of fused-ring (bicyclic) bond motifs is 1. The average molecular weight is 452 g/mol. The van der Waals surface area contributed by atoms with Crippen molar-refractivity contribution in [2.45, 2.75) is 65.2 Å². The fraction of sp³-hybridized carbons (Fsp3) is 0.407. The maximum Gasteiger partial charge on any atom is 0.220 e. The van der Waals surface area contributed by atoms with E-state index < -0.39 is 0 Å². The largest absolute Gasteiger partial charge is 0.508 e. The number of aromatic hydroxyl groups is 2. The van der Waals surface area contributed by atoms with Gasteiger partial charge in [-0.2, -0.15) is 0 Å². The van der Waals surface area contributed by atoms with Crippen LogP contribution in [0.2, 0.25) is 0 Å². The Morgan fingerprint density at radius 2 is 1.73 bits per heavy atom. The first kappa shape index (κ1) is 24.4. The van der Waals surface area contributed by atoms with Gasteiger partial charge in [-0.25, -0.2) is 0 Å². The number of benzene rings is 2. The molecular weight excluding hydrogens is 418 g/mol. The highest BCUT2D eigenvalue weighted by Gasteiger charge is 2.19. The van der Waals surface area contributed by atoms with E-state index in [4.69, 9.17) is 4.42 Å². The number of rotatable bonds is 11. The molecule has 33 heavy (non-hydrogen) atoms. The highest BCUT2D eigenvalue weighted by Crippen LogP contribution is 2.32. The lowest BCUT2D eigenvalue weighted by molar-refractivity contribution is -0.121. The number of phenols is 2. The molecule has 0 aliphatic carbocycles. The molecule has 0 bridgehead atoms. The minimum absolute atomic E-state index is 0.0131. The normalized spacial score (nSPS) is 11.1. The first-order chi connectivity index (χ1) is 15.9. The molecule has 1 aromatic heterocycles. The Morgan fingerprint density at radius 1 is 1.00 bits per heavy atom. The van der Waals surface area contributed by atoms with E-state index in [-0.39, 0.29) is 33.8 Å². The first-order valence-electron chi connectivity index (χ1n) is 11.8. The summed E-state index contributed by atoms with van der Waals surface area (Å²) in [5, 5.41) is 23.1. The second-order valence-corrected chi connectivity index (χ2v) is 8.55. The molecule has 3 N–H and O–H groups in total. The van der Waals surface area contributed by atoms with Gasteiger partial charge in [0.25, 0.3) is 0 Å². The Kier molecular flexibility index (Phi) is 8.52. The maximum absolute atomic E-state index is 13.3. The Hall–Kier alpha value is -3.28. The van der Waals surface area contributed by atoms with Crippen molar-refractivity contribution in [1.29, 1.82) is 0 Å². The third-order valence-corrected chi connectivity index (χ3v) is 5.78. The van der Waals surface area contributed by atoms with Crippen LogP contribution in [0.15, 0.2) is 45.6 Å². The number of nitrogens with one attached hydrogen (secondary N) is 1. The molecule has 0 radical (unpaired) electrons. The number of phenolic OH excluding ortho intramolecular Hbond substituents is 2. The molecule has 0 aliphatic rings. The Balaban J connectivity index is 1.77. The lowest BCUT2D eigenvalue weighted by Gasteiger charge is -2.12. The van der Waals surface area contributed by atoms with Crippen LogP contribution < -0.4 is 10.7 Å². The van der Waals surface area contributed by atoms with E-state index in [9.17, 15) is 19.8 Å². The number of hydrogen-bond acceptors (Lipinski definition) is 5. The zero-order valence-electron chi connectivity index (χ0n) is 19.4. The van der Waals surface area contributed by atoms with E-state index >= 15 is 0 Å². The standard InChI is InChI=1S/C27H33NO5/c1-3-4-5-6-7-15-28-24(31)10-8-9-22-25(19-13-11-18(2)12-14-19)27(32)26-21(30)16-20(29)17-23(26)33-22/h11-14,16-17,29-30H,3-10,15H2,1-2H3,(H,28,31). The van der Waals surface area contributed by atoms with Gasteiger partial charge in [0.2, 0.25) is 11.3 Å². The molecule has 0 fully saturated rings. The highest BCUT2D eigenvalue weighted by molar-refractivity contribution is 5.89. The molecule has 6 nitrogen and oxygen atoms in total. The molecule has 0 unspecified atom stereocenters. The van der Waals surface area contributed by atoms with Gasteiger partial charge >= 0.3 is 0 Å². The summed E-state index contributed by atoms with van der Waals surface area (Å²) in [6.07, 6.45) is 6.95. The highest BCUT2D eigenvalue weighted by atomic mass is 16.3. The van der Waals surface area contributed by atoms with Crippen molar-refractivity contribution in [3.63, 3.8) is 0 Å². The summed E-state index contributed by atoms with van der Waals surface area (Å²) < 4.78 is 5.99. The zero-order chi connectivity index (χ0) is 23.8. The van der Waals surface area contributed by atoms with Crippen LogP contribution in [0.1, 0.15) is 63.2 Å². The van der Waals surface area contributed by atoms with Crippen LogP contribution in [0.4, 0.5) is 0 Å². The van der Waals surface area contributed by atoms with E-state index in [0.29, 0.717) is 42.7 Å². The molecule has 0 atom stereocenters. The number of carbonyl (C=O) groups excluding carboxylic acids is 1. The van der Waals surface area contributed by atoms with Gasteiger partial charge in [0, 0.05) is 31.5 Å². The number of amides is 1. The first-order valence-corrected chi connectivity index (χ1v) is 11.8. The summed E-state index contributed by atoms with van der Waals surface area (Å²) in [7, 11) is 0. The number of unbranched alkanes of at least 4 members (excludes halogenated alkanes) is 4. The van der Waals surface area contributed by atoms with Crippen LogP contribution in [0, 0.1) is 6.92 Å². The van der Waals surface area contributed by atoms with E-state index in [1.165, 1.54) is 25.3 Å². The van der Waals surface area contributed by atoms with Crippen LogP contribution >= 0.6 is 0 Å². The van der Waals surface area contributed by atoms with Crippen molar-refractivity contribution in [1.82, 2.24) is 5.32 Å². The van der Waals surface area contributed by atoms with Gasteiger partial charge in [0.1, 0.15) is 28.2 Å². The lowest BCUT2D eigenvalue weighted by atomic mass is 9.98. The quantitative estimate of drug-likeness (QED) is 0.330. The van der Waals surface area contributed by atoms with Crippen molar-refractivity contribution >= 4 is 16.9 Å². The van der Waals surface area contributed by atoms with Gasteiger partial charge < -0.3 is 19.9 Å². The number of hydrogen-bond donors (Lipinski definition) is 3. The molecule has 1 heterocycles. The smallest absolute Gasteiger partial charge is 0.220 e. The van der Waals surface area contributed by atoms with Crippen LogP contribution in [0.25, 0.3) is 22.1 Å². The van der Waals surface area contributed by atoms with Crippen LogP contribution in [-0.2, 0) is 11.2 Å². The van der Waals surface area contributed by atoms with Crippen molar-refractivity contribution in [3.05, 3.63) is 57.9 Å². The summed E-state index contributed by atoms with van der Waals surface area (Å²) in [6.45, 7) is 4.82. The molecule has 1 amide bonds. The molecule has 3 aromatic rings. The molecule has 176 valence electrons. The molecular formula is C27H33NO5.